The summed E-state index contributed by atoms with van der Waals surface area (Å²) in [6.45, 7) is 2.47. The lowest BCUT2D eigenvalue weighted by molar-refractivity contribution is -0.384. The number of hydrogen-bond donors (Lipinski definition) is 1. The van der Waals surface area contributed by atoms with E-state index in [1.165, 1.54) is 24.1 Å². The van der Waals surface area contributed by atoms with Crippen molar-refractivity contribution in [2.24, 2.45) is 0 Å². The summed E-state index contributed by atoms with van der Waals surface area (Å²) in [5.41, 5.74) is -0.800. The molecule has 2 aromatic rings. The zero-order chi connectivity index (χ0) is 22.1. The number of anilines is 2. The monoisotopic (exact) mass is 413 g/mol. The molecule has 0 atom stereocenters. The highest BCUT2D eigenvalue weighted by Gasteiger charge is 2.43. The van der Waals surface area contributed by atoms with E-state index in [0.29, 0.717) is 11.4 Å². The number of esters is 1. The van der Waals surface area contributed by atoms with Crippen LogP contribution in [-0.4, -0.2) is 42.0 Å². The molecule has 156 valence electrons. The summed E-state index contributed by atoms with van der Waals surface area (Å²) in [5.74, 6) is -1.90. The molecule has 1 aliphatic rings. The maximum atomic E-state index is 12.9. The maximum Gasteiger partial charge on any atom is 0.342 e. The van der Waals surface area contributed by atoms with Crippen LogP contribution in [0.2, 0.25) is 0 Å². The Morgan fingerprint density at radius 3 is 2.57 bits per heavy atom. The molecule has 10 nitrogen and oxygen atoms in total. The fraction of sp³-hybridized carbons (Fsp3) is 0.250. The molecule has 0 spiro atoms. The Kier molecular flexibility index (Phi) is 5.41. The van der Waals surface area contributed by atoms with Crippen LogP contribution in [0.5, 0.6) is 5.75 Å². The first-order valence-corrected chi connectivity index (χ1v) is 8.90. The molecule has 0 aromatic heterocycles. The lowest BCUT2D eigenvalue weighted by Crippen LogP contribution is -2.59. The van der Waals surface area contributed by atoms with Gasteiger partial charge < -0.3 is 14.8 Å². The van der Waals surface area contributed by atoms with E-state index in [-0.39, 0.29) is 22.9 Å². The molecule has 2 amide bonds. The number of nitro benzene ring substituents is 1. The molecule has 1 heterocycles. The van der Waals surface area contributed by atoms with Crippen LogP contribution < -0.4 is 15.0 Å². The van der Waals surface area contributed by atoms with Crippen molar-refractivity contribution in [3.8, 4) is 5.75 Å². The van der Waals surface area contributed by atoms with E-state index in [2.05, 4.69) is 5.32 Å². The van der Waals surface area contributed by atoms with Crippen LogP contribution in [-0.2, 0) is 14.3 Å². The highest BCUT2D eigenvalue weighted by atomic mass is 16.6. The second-order valence-electron chi connectivity index (χ2n) is 6.98. The van der Waals surface area contributed by atoms with Gasteiger partial charge in [-0.25, -0.2) is 4.79 Å². The van der Waals surface area contributed by atoms with Crippen LogP contribution in [0.1, 0.15) is 24.2 Å². The molecular weight excluding hydrogens is 394 g/mol. The molecule has 0 saturated carbocycles. The van der Waals surface area contributed by atoms with E-state index < -0.39 is 28.9 Å². The number of nitrogens with zero attached hydrogens (tertiary/aromatic N) is 2. The van der Waals surface area contributed by atoms with Gasteiger partial charge in [-0.2, -0.15) is 0 Å². The normalized spacial score (nSPS) is 14.4. The number of hydrogen-bond acceptors (Lipinski definition) is 7. The molecule has 1 aliphatic heterocycles. The van der Waals surface area contributed by atoms with Crippen molar-refractivity contribution >= 4 is 34.8 Å². The molecule has 30 heavy (non-hydrogen) atoms. The van der Waals surface area contributed by atoms with Crippen molar-refractivity contribution in [3.63, 3.8) is 0 Å². The molecule has 0 bridgehead atoms. The predicted octanol–water partition coefficient (Wildman–Crippen LogP) is 2.52. The highest BCUT2D eigenvalue weighted by molar-refractivity contribution is 6.14. The number of nitro groups is 1. The van der Waals surface area contributed by atoms with Crippen LogP contribution in [0.15, 0.2) is 42.5 Å². The maximum absolute atomic E-state index is 12.9. The second-order valence-corrected chi connectivity index (χ2v) is 6.98. The summed E-state index contributed by atoms with van der Waals surface area (Å²) in [4.78, 5) is 49.4. The zero-order valence-corrected chi connectivity index (χ0v) is 16.5. The van der Waals surface area contributed by atoms with E-state index in [0.717, 1.165) is 6.07 Å². The smallest absolute Gasteiger partial charge is 0.342 e. The summed E-state index contributed by atoms with van der Waals surface area (Å²) in [5, 5.41) is 13.7. The van der Waals surface area contributed by atoms with Crippen molar-refractivity contribution < 1.29 is 28.8 Å². The average Bonchev–Trinajstić information content (AvgIpc) is 2.71. The Bertz CT molecular complexity index is 1050. The minimum Gasteiger partial charge on any atom is -0.496 e. The van der Waals surface area contributed by atoms with Gasteiger partial charge in [-0.05, 0) is 32.0 Å². The number of fused-ring (bicyclic) bond motifs is 1. The Morgan fingerprint density at radius 1 is 1.20 bits per heavy atom. The number of methoxy groups -OCH3 is 1. The minimum atomic E-state index is -1.22. The number of para-hydroxylation sites is 2. The van der Waals surface area contributed by atoms with E-state index in [1.54, 1.807) is 38.1 Å². The molecule has 0 unspecified atom stereocenters. The van der Waals surface area contributed by atoms with Crippen molar-refractivity contribution in [2.75, 3.05) is 23.9 Å². The predicted molar refractivity (Wildman–Crippen MR) is 107 cm³/mol. The van der Waals surface area contributed by atoms with Gasteiger partial charge in [0.1, 0.15) is 16.9 Å². The van der Waals surface area contributed by atoms with Gasteiger partial charge in [-0.15, -0.1) is 0 Å². The number of amides is 2. The lowest BCUT2D eigenvalue weighted by atomic mass is 9.96. The van der Waals surface area contributed by atoms with Crippen molar-refractivity contribution in [1.29, 1.82) is 0 Å². The van der Waals surface area contributed by atoms with Gasteiger partial charge in [0, 0.05) is 12.1 Å². The summed E-state index contributed by atoms with van der Waals surface area (Å²) < 4.78 is 10.1. The van der Waals surface area contributed by atoms with E-state index in [9.17, 15) is 24.5 Å². The van der Waals surface area contributed by atoms with Gasteiger partial charge in [0.2, 0.25) is 5.91 Å². The third-order valence-electron chi connectivity index (χ3n) is 4.70. The van der Waals surface area contributed by atoms with Crippen LogP contribution in [0.25, 0.3) is 0 Å². The van der Waals surface area contributed by atoms with Crippen LogP contribution >= 0.6 is 0 Å². The molecule has 0 fully saturated rings. The Morgan fingerprint density at radius 2 is 1.90 bits per heavy atom. The number of non-ortho nitro benzene ring substituents is 1. The molecule has 0 aliphatic carbocycles. The van der Waals surface area contributed by atoms with Crippen molar-refractivity contribution in [3.05, 3.63) is 58.1 Å². The summed E-state index contributed by atoms with van der Waals surface area (Å²) in [6, 6.07) is 10.2. The Hall–Kier alpha value is -3.95. The summed E-state index contributed by atoms with van der Waals surface area (Å²) in [7, 11) is 1.30. The quantitative estimate of drug-likeness (QED) is 0.453. The fourth-order valence-corrected chi connectivity index (χ4v) is 3.14. The van der Waals surface area contributed by atoms with Gasteiger partial charge in [-0.1, -0.05) is 12.1 Å². The average molecular weight is 413 g/mol. The van der Waals surface area contributed by atoms with Crippen LogP contribution in [0, 0.1) is 10.1 Å². The molecule has 0 radical (unpaired) electrons. The van der Waals surface area contributed by atoms with E-state index in [4.69, 9.17) is 9.47 Å². The first-order chi connectivity index (χ1) is 14.2. The number of rotatable bonds is 5. The van der Waals surface area contributed by atoms with Crippen LogP contribution in [0.4, 0.5) is 17.1 Å². The molecule has 3 rings (SSSR count). The molecular formula is C20H19N3O7. The fourth-order valence-electron chi connectivity index (χ4n) is 3.14. The van der Waals surface area contributed by atoms with Gasteiger partial charge in [0.15, 0.2) is 6.61 Å². The van der Waals surface area contributed by atoms with Gasteiger partial charge in [0.05, 0.1) is 23.4 Å². The van der Waals surface area contributed by atoms with Gasteiger partial charge in [-0.3, -0.25) is 24.6 Å². The highest BCUT2D eigenvalue weighted by Crippen LogP contribution is 2.36. The topological polar surface area (TPSA) is 128 Å². The van der Waals surface area contributed by atoms with Gasteiger partial charge in [0.25, 0.3) is 11.6 Å². The van der Waals surface area contributed by atoms with Gasteiger partial charge >= 0.3 is 5.97 Å². The second kappa shape index (κ2) is 7.82. The Labute approximate surface area is 171 Å². The molecule has 2 aromatic carbocycles. The third kappa shape index (κ3) is 3.66. The van der Waals surface area contributed by atoms with Crippen LogP contribution in [0.3, 0.4) is 0 Å². The van der Waals surface area contributed by atoms with Crippen molar-refractivity contribution in [1.82, 2.24) is 0 Å². The number of ether oxygens (including phenoxy) is 2. The summed E-state index contributed by atoms with van der Waals surface area (Å²) >= 11 is 0. The van der Waals surface area contributed by atoms with E-state index >= 15 is 0 Å². The zero-order valence-electron chi connectivity index (χ0n) is 16.5. The van der Waals surface area contributed by atoms with E-state index in [1.807, 2.05) is 0 Å². The first-order valence-electron chi connectivity index (χ1n) is 8.90. The first kappa shape index (κ1) is 20.8. The standard InChI is InChI=1S/C20H19N3O7/c1-20(2)19(26)21-14-6-4-5-7-15(14)22(20)17(24)11-30-18(25)13-10-12(23(27)28)8-9-16(13)29-3/h4-10H,11H2,1-3H3,(H,21,26). The minimum absolute atomic E-state index is 0.0704. The number of carbonyl (C=O) groups is 3. The largest absolute Gasteiger partial charge is 0.496 e. The molecule has 0 saturated heterocycles. The molecule has 10 heteroatoms. The molecule has 1 N–H and O–H groups in total. The number of nitrogens with one attached hydrogen (secondary N) is 1. The Balaban J connectivity index is 1.83. The number of benzene rings is 2. The number of carbonyl (C=O) groups excluding carboxylic acids is 3. The lowest BCUT2D eigenvalue weighted by Gasteiger charge is -2.41. The van der Waals surface area contributed by atoms with Crippen molar-refractivity contribution in [2.45, 2.75) is 19.4 Å². The summed E-state index contributed by atoms with van der Waals surface area (Å²) in [6.07, 6.45) is 0. The SMILES string of the molecule is COc1ccc([N+](=O)[O-])cc1C(=O)OCC(=O)N1c2ccccc2NC(=O)C1(C)C. The third-order valence-corrected chi connectivity index (χ3v) is 4.70.